The van der Waals surface area contributed by atoms with Crippen LogP contribution in [0.5, 0.6) is 11.5 Å². The van der Waals surface area contributed by atoms with Gasteiger partial charge in [-0.1, -0.05) is 29.8 Å². The molecule has 8 heteroatoms. The average Bonchev–Trinajstić information content (AvgIpc) is 2.84. The Hall–Kier alpha value is -3.81. The number of aryl methyl sites for hydroxylation is 1. The second-order valence-electron chi connectivity index (χ2n) is 7.60. The number of carbonyl (C=O) groups is 1. The quantitative estimate of drug-likeness (QED) is 0.614. The first kappa shape index (κ1) is 21.4. The minimum absolute atomic E-state index is 0.124. The first-order valence-electron chi connectivity index (χ1n) is 10.4. The zero-order chi connectivity index (χ0) is 22.7. The van der Waals surface area contributed by atoms with Gasteiger partial charge in [0.05, 0.1) is 31.7 Å². The molecule has 166 valence electrons. The Morgan fingerprint density at radius 3 is 2.22 bits per heavy atom. The number of ether oxygens (including phenoxy) is 2. The van der Waals surface area contributed by atoms with E-state index in [2.05, 4.69) is 10.00 Å². The Morgan fingerprint density at radius 2 is 1.56 bits per heavy atom. The SMILES string of the molecule is COc1ccccc1N1CCN(C(=O)c2nn(-c3ccc(C)cc3)c(=O)cc2OC)CC1. The van der Waals surface area contributed by atoms with E-state index in [1.54, 1.807) is 24.1 Å². The molecule has 4 rings (SSSR count). The number of para-hydroxylation sites is 2. The number of methoxy groups -OCH3 is 2. The topological polar surface area (TPSA) is 76.9 Å². The predicted molar refractivity (Wildman–Crippen MR) is 122 cm³/mol. The molecule has 1 amide bonds. The van der Waals surface area contributed by atoms with E-state index in [9.17, 15) is 9.59 Å². The van der Waals surface area contributed by atoms with Crippen LogP contribution in [-0.4, -0.2) is 61.0 Å². The number of aromatic nitrogens is 2. The number of amides is 1. The zero-order valence-electron chi connectivity index (χ0n) is 18.4. The minimum Gasteiger partial charge on any atom is -0.495 e. The number of carbonyl (C=O) groups excluding carboxylic acids is 1. The van der Waals surface area contributed by atoms with Crippen molar-refractivity contribution in [2.75, 3.05) is 45.3 Å². The van der Waals surface area contributed by atoms with E-state index in [-0.39, 0.29) is 22.9 Å². The van der Waals surface area contributed by atoms with Gasteiger partial charge in [0.15, 0.2) is 11.4 Å². The summed E-state index contributed by atoms with van der Waals surface area (Å²) in [4.78, 5) is 29.8. The van der Waals surface area contributed by atoms with Gasteiger partial charge in [0.1, 0.15) is 5.75 Å². The second kappa shape index (κ2) is 9.13. The molecule has 3 aromatic rings. The predicted octanol–water partition coefficient (Wildman–Crippen LogP) is 2.52. The first-order chi connectivity index (χ1) is 15.5. The highest BCUT2D eigenvalue weighted by Crippen LogP contribution is 2.28. The molecule has 2 heterocycles. The van der Waals surface area contributed by atoms with E-state index in [1.165, 1.54) is 17.9 Å². The molecule has 1 aliphatic heterocycles. The molecule has 1 aliphatic rings. The molecule has 2 aromatic carbocycles. The summed E-state index contributed by atoms with van der Waals surface area (Å²) >= 11 is 0. The van der Waals surface area contributed by atoms with Crippen molar-refractivity contribution in [3.8, 4) is 17.2 Å². The van der Waals surface area contributed by atoms with Crippen LogP contribution in [0.2, 0.25) is 0 Å². The van der Waals surface area contributed by atoms with Gasteiger partial charge in [0.25, 0.3) is 11.5 Å². The minimum atomic E-state index is -0.358. The fourth-order valence-electron chi connectivity index (χ4n) is 3.81. The summed E-state index contributed by atoms with van der Waals surface area (Å²) in [5.74, 6) is 0.721. The Morgan fingerprint density at radius 1 is 0.906 bits per heavy atom. The van der Waals surface area contributed by atoms with Crippen molar-refractivity contribution < 1.29 is 14.3 Å². The van der Waals surface area contributed by atoms with Crippen molar-refractivity contribution in [2.24, 2.45) is 0 Å². The lowest BCUT2D eigenvalue weighted by Crippen LogP contribution is -2.49. The number of piperazine rings is 1. The third-order valence-electron chi connectivity index (χ3n) is 5.59. The average molecular weight is 434 g/mol. The van der Waals surface area contributed by atoms with Gasteiger partial charge in [-0.2, -0.15) is 9.78 Å². The van der Waals surface area contributed by atoms with Gasteiger partial charge in [0, 0.05) is 26.2 Å². The van der Waals surface area contributed by atoms with Crippen molar-refractivity contribution >= 4 is 11.6 Å². The Bertz CT molecular complexity index is 1170. The van der Waals surface area contributed by atoms with Gasteiger partial charge < -0.3 is 19.3 Å². The van der Waals surface area contributed by atoms with Gasteiger partial charge in [-0.05, 0) is 31.2 Å². The molecule has 0 atom stereocenters. The molecule has 0 radical (unpaired) electrons. The van der Waals surface area contributed by atoms with Crippen LogP contribution in [0, 0.1) is 6.92 Å². The smallest absolute Gasteiger partial charge is 0.278 e. The van der Waals surface area contributed by atoms with Gasteiger partial charge in [-0.15, -0.1) is 0 Å². The number of rotatable bonds is 5. The Labute approximate surface area is 186 Å². The Kier molecular flexibility index (Phi) is 6.11. The molecule has 1 fully saturated rings. The molecule has 0 spiro atoms. The molecule has 1 aromatic heterocycles. The molecular formula is C24H26N4O4. The maximum atomic E-state index is 13.3. The maximum absolute atomic E-state index is 13.3. The standard InChI is InChI=1S/C24H26N4O4/c1-17-8-10-18(11-9-17)28-22(29)16-21(32-3)23(25-28)24(30)27-14-12-26(13-15-27)19-6-4-5-7-20(19)31-2/h4-11,16H,12-15H2,1-3H3. The highest BCUT2D eigenvalue weighted by molar-refractivity contribution is 5.95. The van der Waals surface area contributed by atoms with Crippen LogP contribution in [0.1, 0.15) is 16.1 Å². The maximum Gasteiger partial charge on any atom is 0.278 e. The van der Waals surface area contributed by atoms with Crippen molar-refractivity contribution in [1.29, 1.82) is 0 Å². The van der Waals surface area contributed by atoms with E-state index in [0.29, 0.717) is 31.9 Å². The molecule has 0 bridgehead atoms. The van der Waals surface area contributed by atoms with E-state index in [4.69, 9.17) is 9.47 Å². The van der Waals surface area contributed by atoms with Crippen molar-refractivity contribution in [2.45, 2.75) is 6.92 Å². The van der Waals surface area contributed by atoms with Crippen LogP contribution in [-0.2, 0) is 0 Å². The molecule has 0 aliphatic carbocycles. The van der Waals surface area contributed by atoms with E-state index in [1.807, 2.05) is 43.3 Å². The summed E-state index contributed by atoms with van der Waals surface area (Å²) in [6, 6.07) is 16.5. The summed E-state index contributed by atoms with van der Waals surface area (Å²) < 4.78 is 12.0. The lowest BCUT2D eigenvalue weighted by atomic mass is 10.2. The molecule has 0 N–H and O–H groups in total. The molecule has 8 nitrogen and oxygen atoms in total. The van der Waals surface area contributed by atoms with Crippen LogP contribution < -0.4 is 19.9 Å². The summed E-state index contributed by atoms with van der Waals surface area (Å²) in [5.41, 5.74) is 2.44. The summed E-state index contributed by atoms with van der Waals surface area (Å²) in [7, 11) is 3.09. The van der Waals surface area contributed by atoms with Crippen molar-refractivity contribution in [3.63, 3.8) is 0 Å². The fourth-order valence-corrected chi connectivity index (χ4v) is 3.81. The third-order valence-corrected chi connectivity index (χ3v) is 5.59. The number of benzene rings is 2. The van der Waals surface area contributed by atoms with Crippen LogP contribution in [0.3, 0.4) is 0 Å². The number of nitrogens with zero attached hydrogens (tertiary/aromatic N) is 4. The fraction of sp³-hybridized carbons (Fsp3) is 0.292. The van der Waals surface area contributed by atoms with Crippen LogP contribution in [0.25, 0.3) is 5.69 Å². The largest absolute Gasteiger partial charge is 0.495 e. The number of anilines is 1. The van der Waals surface area contributed by atoms with E-state index in [0.717, 1.165) is 17.0 Å². The lowest BCUT2D eigenvalue weighted by Gasteiger charge is -2.36. The highest BCUT2D eigenvalue weighted by atomic mass is 16.5. The second-order valence-corrected chi connectivity index (χ2v) is 7.60. The van der Waals surface area contributed by atoms with E-state index >= 15 is 0 Å². The van der Waals surface area contributed by atoms with Crippen molar-refractivity contribution in [3.05, 3.63) is 76.2 Å². The zero-order valence-corrected chi connectivity index (χ0v) is 18.4. The van der Waals surface area contributed by atoms with E-state index < -0.39 is 0 Å². The van der Waals surface area contributed by atoms with Gasteiger partial charge in [-0.3, -0.25) is 9.59 Å². The molecule has 32 heavy (non-hydrogen) atoms. The first-order valence-corrected chi connectivity index (χ1v) is 10.4. The Balaban J connectivity index is 1.57. The van der Waals surface area contributed by atoms with Crippen LogP contribution >= 0.6 is 0 Å². The summed E-state index contributed by atoms with van der Waals surface area (Å²) in [6.07, 6.45) is 0. The lowest BCUT2D eigenvalue weighted by molar-refractivity contribution is 0.0734. The van der Waals surface area contributed by atoms with Gasteiger partial charge in [-0.25, -0.2) is 0 Å². The van der Waals surface area contributed by atoms with Gasteiger partial charge in [0.2, 0.25) is 0 Å². The monoisotopic (exact) mass is 434 g/mol. The summed E-state index contributed by atoms with van der Waals surface area (Å²) in [6.45, 7) is 4.32. The molecule has 0 unspecified atom stereocenters. The van der Waals surface area contributed by atoms with Crippen LogP contribution in [0.4, 0.5) is 5.69 Å². The van der Waals surface area contributed by atoms with Crippen molar-refractivity contribution in [1.82, 2.24) is 14.7 Å². The molecule has 1 saturated heterocycles. The number of hydrogen-bond acceptors (Lipinski definition) is 6. The third kappa shape index (κ3) is 4.16. The highest BCUT2D eigenvalue weighted by Gasteiger charge is 2.27. The number of hydrogen-bond donors (Lipinski definition) is 0. The molecular weight excluding hydrogens is 408 g/mol. The van der Waals surface area contributed by atoms with Crippen LogP contribution in [0.15, 0.2) is 59.4 Å². The summed E-state index contributed by atoms with van der Waals surface area (Å²) in [5, 5.41) is 4.38. The van der Waals surface area contributed by atoms with Gasteiger partial charge >= 0.3 is 0 Å². The normalized spacial score (nSPS) is 13.7. The molecule has 0 saturated carbocycles.